The van der Waals surface area contributed by atoms with Crippen molar-refractivity contribution in [2.24, 2.45) is 11.7 Å². The van der Waals surface area contributed by atoms with Crippen LogP contribution in [0.25, 0.3) is 0 Å². The SMILES string of the molecule is CC1OCCC1C(N)Cc1cc(F)ccc1Cl. The summed E-state index contributed by atoms with van der Waals surface area (Å²) in [6, 6.07) is 4.36. The molecule has 3 atom stereocenters. The van der Waals surface area contributed by atoms with Gasteiger partial charge in [-0.25, -0.2) is 4.39 Å². The van der Waals surface area contributed by atoms with Crippen molar-refractivity contribution < 1.29 is 9.13 Å². The van der Waals surface area contributed by atoms with E-state index in [1.165, 1.54) is 12.1 Å². The van der Waals surface area contributed by atoms with E-state index in [0.717, 1.165) is 18.6 Å². The highest BCUT2D eigenvalue weighted by atomic mass is 35.5. The zero-order valence-corrected chi connectivity index (χ0v) is 10.6. The first-order chi connectivity index (χ1) is 8.08. The van der Waals surface area contributed by atoms with E-state index in [9.17, 15) is 4.39 Å². The van der Waals surface area contributed by atoms with Crippen molar-refractivity contribution in [3.63, 3.8) is 0 Å². The van der Waals surface area contributed by atoms with Gasteiger partial charge in [0.25, 0.3) is 0 Å². The normalized spacial score (nSPS) is 26.1. The van der Waals surface area contributed by atoms with Crippen LogP contribution in [0.3, 0.4) is 0 Å². The zero-order chi connectivity index (χ0) is 12.4. The van der Waals surface area contributed by atoms with Crippen LogP contribution in [0.15, 0.2) is 18.2 Å². The molecule has 1 fully saturated rings. The number of benzene rings is 1. The highest BCUT2D eigenvalue weighted by Gasteiger charge is 2.29. The van der Waals surface area contributed by atoms with Crippen LogP contribution < -0.4 is 5.73 Å². The van der Waals surface area contributed by atoms with Crippen LogP contribution in [-0.4, -0.2) is 18.8 Å². The minimum Gasteiger partial charge on any atom is -0.378 e. The minimum absolute atomic E-state index is 0.0354. The van der Waals surface area contributed by atoms with E-state index in [2.05, 4.69) is 0 Å². The standard InChI is InChI=1S/C13H17ClFNO/c1-8-11(4-5-17-8)13(16)7-9-6-10(15)2-3-12(9)14/h2-3,6,8,11,13H,4-5,7,16H2,1H3. The highest BCUT2D eigenvalue weighted by Crippen LogP contribution is 2.26. The van der Waals surface area contributed by atoms with Gasteiger partial charge in [-0.3, -0.25) is 0 Å². The summed E-state index contributed by atoms with van der Waals surface area (Å²) < 4.78 is 18.6. The number of nitrogens with two attached hydrogens (primary N) is 1. The third-order valence-corrected chi connectivity index (χ3v) is 3.82. The number of ether oxygens (including phenoxy) is 1. The molecule has 0 radical (unpaired) electrons. The van der Waals surface area contributed by atoms with Crippen LogP contribution >= 0.6 is 11.6 Å². The van der Waals surface area contributed by atoms with E-state index in [1.807, 2.05) is 6.92 Å². The van der Waals surface area contributed by atoms with Crippen molar-refractivity contribution >= 4 is 11.6 Å². The zero-order valence-electron chi connectivity index (χ0n) is 9.83. The second-order valence-corrected chi connectivity index (χ2v) is 5.04. The van der Waals surface area contributed by atoms with Gasteiger partial charge in [-0.2, -0.15) is 0 Å². The molecule has 1 aliphatic rings. The molecule has 0 spiro atoms. The fraction of sp³-hybridized carbons (Fsp3) is 0.538. The molecule has 1 saturated heterocycles. The van der Waals surface area contributed by atoms with Crippen molar-refractivity contribution in [2.75, 3.05) is 6.61 Å². The maximum Gasteiger partial charge on any atom is 0.123 e. The molecule has 2 N–H and O–H groups in total. The van der Waals surface area contributed by atoms with E-state index < -0.39 is 0 Å². The Morgan fingerprint density at radius 2 is 2.35 bits per heavy atom. The van der Waals surface area contributed by atoms with Gasteiger partial charge in [0.2, 0.25) is 0 Å². The van der Waals surface area contributed by atoms with Crippen LogP contribution in [0.1, 0.15) is 18.9 Å². The molecule has 1 aromatic carbocycles. The lowest BCUT2D eigenvalue weighted by Crippen LogP contribution is -2.36. The number of rotatable bonds is 3. The van der Waals surface area contributed by atoms with E-state index >= 15 is 0 Å². The summed E-state index contributed by atoms with van der Waals surface area (Å²) >= 11 is 6.03. The van der Waals surface area contributed by atoms with Crippen LogP contribution in [0.5, 0.6) is 0 Å². The average Bonchev–Trinajstić information content (AvgIpc) is 2.70. The van der Waals surface area contributed by atoms with E-state index in [-0.39, 0.29) is 18.0 Å². The lowest BCUT2D eigenvalue weighted by Gasteiger charge is -2.22. The molecule has 1 aromatic rings. The fourth-order valence-electron chi connectivity index (χ4n) is 2.42. The molecule has 4 heteroatoms. The Hall–Kier alpha value is -0.640. The minimum atomic E-state index is -0.271. The molecule has 1 aliphatic heterocycles. The average molecular weight is 258 g/mol. The number of hydrogen-bond acceptors (Lipinski definition) is 2. The lowest BCUT2D eigenvalue weighted by atomic mass is 9.89. The number of halogens is 2. The smallest absolute Gasteiger partial charge is 0.123 e. The lowest BCUT2D eigenvalue weighted by molar-refractivity contribution is 0.0995. The van der Waals surface area contributed by atoms with Crippen molar-refractivity contribution in [1.82, 2.24) is 0 Å². The van der Waals surface area contributed by atoms with Gasteiger partial charge in [0.1, 0.15) is 5.82 Å². The topological polar surface area (TPSA) is 35.2 Å². The third kappa shape index (κ3) is 2.97. The second kappa shape index (κ2) is 5.34. The predicted molar refractivity (Wildman–Crippen MR) is 66.6 cm³/mol. The first kappa shape index (κ1) is 12.8. The summed E-state index contributed by atoms with van der Waals surface area (Å²) in [5, 5.41) is 0.577. The Balaban J connectivity index is 2.07. The summed E-state index contributed by atoms with van der Waals surface area (Å²) in [5.74, 6) is 0.0571. The molecule has 0 bridgehead atoms. The van der Waals surface area contributed by atoms with Crippen LogP contribution in [0, 0.1) is 11.7 Å². The van der Waals surface area contributed by atoms with Crippen molar-refractivity contribution in [3.05, 3.63) is 34.6 Å². The summed E-state index contributed by atoms with van der Waals surface area (Å²) in [4.78, 5) is 0. The molecule has 0 aliphatic carbocycles. The van der Waals surface area contributed by atoms with Gasteiger partial charge < -0.3 is 10.5 Å². The molecule has 0 amide bonds. The largest absolute Gasteiger partial charge is 0.378 e. The van der Waals surface area contributed by atoms with E-state index in [0.29, 0.717) is 17.4 Å². The third-order valence-electron chi connectivity index (χ3n) is 3.45. The highest BCUT2D eigenvalue weighted by molar-refractivity contribution is 6.31. The molecule has 2 nitrogen and oxygen atoms in total. The van der Waals surface area contributed by atoms with Gasteiger partial charge in [0.15, 0.2) is 0 Å². The number of hydrogen-bond donors (Lipinski definition) is 1. The Kier molecular flexibility index (Phi) is 4.02. The summed E-state index contributed by atoms with van der Waals surface area (Å²) in [7, 11) is 0. The Labute approximate surface area is 106 Å². The summed E-state index contributed by atoms with van der Waals surface area (Å²) in [6.45, 7) is 2.79. The van der Waals surface area contributed by atoms with Gasteiger partial charge in [0, 0.05) is 23.6 Å². The molecule has 2 rings (SSSR count). The molecular formula is C13H17ClFNO. The Bertz CT molecular complexity index is 399. The van der Waals surface area contributed by atoms with Crippen LogP contribution in [0.2, 0.25) is 5.02 Å². The van der Waals surface area contributed by atoms with E-state index in [4.69, 9.17) is 22.1 Å². The fourth-order valence-corrected chi connectivity index (χ4v) is 2.61. The second-order valence-electron chi connectivity index (χ2n) is 4.63. The van der Waals surface area contributed by atoms with Gasteiger partial charge in [-0.1, -0.05) is 11.6 Å². The molecule has 3 unspecified atom stereocenters. The maximum absolute atomic E-state index is 13.1. The van der Waals surface area contributed by atoms with Crippen LogP contribution in [0.4, 0.5) is 4.39 Å². The molecule has 1 heterocycles. The summed E-state index contributed by atoms with van der Waals surface area (Å²) in [5.41, 5.74) is 6.94. The maximum atomic E-state index is 13.1. The molecule has 17 heavy (non-hydrogen) atoms. The Morgan fingerprint density at radius 1 is 1.59 bits per heavy atom. The van der Waals surface area contributed by atoms with Gasteiger partial charge in [0.05, 0.1) is 6.10 Å². The molecule has 0 saturated carbocycles. The quantitative estimate of drug-likeness (QED) is 0.904. The first-order valence-corrected chi connectivity index (χ1v) is 6.27. The molecule has 0 aromatic heterocycles. The monoisotopic (exact) mass is 257 g/mol. The molecular weight excluding hydrogens is 241 g/mol. The van der Waals surface area contributed by atoms with Crippen molar-refractivity contribution in [1.29, 1.82) is 0 Å². The van der Waals surface area contributed by atoms with Gasteiger partial charge >= 0.3 is 0 Å². The molecule has 94 valence electrons. The first-order valence-electron chi connectivity index (χ1n) is 5.89. The van der Waals surface area contributed by atoms with E-state index in [1.54, 1.807) is 6.07 Å². The van der Waals surface area contributed by atoms with Gasteiger partial charge in [-0.15, -0.1) is 0 Å². The van der Waals surface area contributed by atoms with Crippen molar-refractivity contribution in [3.8, 4) is 0 Å². The summed E-state index contributed by atoms with van der Waals surface area (Å²) in [6.07, 6.45) is 1.74. The van der Waals surface area contributed by atoms with Gasteiger partial charge in [-0.05, 0) is 43.5 Å². The van der Waals surface area contributed by atoms with Crippen LogP contribution in [-0.2, 0) is 11.2 Å². The Morgan fingerprint density at radius 3 is 3.00 bits per heavy atom. The predicted octanol–water partition coefficient (Wildman–Crippen LogP) is 2.77. The van der Waals surface area contributed by atoms with Crippen molar-refractivity contribution in [2.45, 2.75) is 31.9 Å².